The van der Waals surface area contributed by atoms with Crippen LogP contribution in [0.2, 0.25) is 0 Å². The minimum Gasteiger partial charge on any atom is -0.449 e. The molecule has 7 rings (SSSR count). The molecular weight excluding hydrogens is 859 g/mol. The van der Waals surface area contributed by atoms with E-state index in [1.54, 1.807) is 14.1 Å². The fourth-order valence-corrected chi connectivity index (χ4v) is 11.2. The molecule has 7 amide bonds. The number of thioether (sulfide) groups is 2. The van der Waals surface area contributed by atoms with Gasteiger partial charge in [-0.1, -0.05) is 61.4 Å². The van der Waals surface area contributed by atoms with E-state index in [-0.39, 0.29) is 91.3 Å². The predicted octanol–water partition coefficient (Wildman–Crippen LogP) is 3.02. The zero-order valence-corrected chi connectivity index (χ0v) is 39.3. The Balaban J connectivity index is 0.000000204. The number of rotatable bonds is 18. The first-order valence-electron chi connectivity index (χ1n) is 22.1. The molecule has 2 aromatic rings. The summed E-state index contributed by atoms with van der Waals surface area (Å²) in [6, 6.07) is 17.4. The molecule has 0 bridgehead atoms. The summed E-state index contributed by atoms with van der Waals surface area (Å²) in [5.74, 6) is 1.87. The number of fused-ring (bicyclic) bond motifs is 5. The van der Waals surface area contributed by atoms with E-state index in [4.69, 9.17) is 4.74 Å². The Bertz CT molecular complexity index is 1840. The van der Waals surface area contributed by atoms with Crippen LogP contribution in [-0.4, -0.2) is 142 Å². The summed E-state index contributed by atoms with van der Waals surface area (Å²) in [6.45, 7) is 2.32. The number of urea groups is 2. The molecule has 4 aliphatic heterocycles. The maximum atomic E-state index is 11.6. The first kappa shape index (κ1) is 51.8. The summed E-state index contributed by atoms with van der Waals surface area (Å²) < 4.78 is 5.24. The Labute approximate surface area is 385 Å². The molecule has 6 unspecified atom stereocenters. The lowest BCUT2D eigenvalue weighted by Crippen LogP contribution is -2.36. The highest BCUT2D eigenvalue weighted by Gasteiger charge is 2.43. The number of unbranched alkanes of at least 4 members (excludes halogenated alkanes) is 2. The molecule has 19 heteroatoms. The Kier molecular flexibility index (Phi) is 22.2. The lowest BCUT2D eigenvalue weighted by Gasteiger charge is -2.16. The molecule has 9 N–H and O–H groups in total. The summed E-state index contributed by atoms with van der Waals surface area (Å²) >= 11 is 3.77. The van der Waals surface area contributed by atoms with Gasteiger partial charge in [-0.3, -0.25) is 19.2 Å². The smallest absolute Gasteiger partial charge is 0.406 e. The van der Waals surface area contributed by atoms with E-state index in [1.165, 1.54) is 29.2 Å². The predicted molar refractivity (Wildman–Crippen MR) is 253 cm³/mol. The zero-order chi connectivity index (χ0) is 46.4. The van der Waals surface area contributed by atoms with Crippen molar-refractivity contribution in [2.24, 2.45) is 0 Å². The van der Waals surface area contributed by atoms with E-state index < -0.39 is 0 Å². The molecule has 0 spiro atoms. The van der Waals surface area contributed by atoms with Crippen molar-refractivity contribution in [3.63, 3.8) is 0 Å². The molecule has 0 radical (unpaired) electrons. The van der Waals surface area contributed by atoms with Gasteiger partial charge in [-0.2, -0.15) is 23.5 Å². The molecule has 1 aliphatic carbocycles. The number of ether oxygens (including phenoxy) is 1. The molecule has 4 fully saturated rings. The van der Waals surface area contributed by atoms with Gasteiger partial charge < -0.3 is 52.6 Å². The lowest BCUT2D eigenvalue weighted by molar-refractivity contribution is -0.124. The number of amides is 7. The number of carbonyl (C=O) groups excluding carboxylic acids is 7. The van der Waals surface area contributed by atoms with Crippen LogP contribution < -0.4 is 47.9 Å². The van der Waals surface area contributed by atoms with Gasteiger partial charge in [0, 0.05) is 47.8 Å². The van der Waals surface area contributed by atoms with Gasteiger partial charge in [0.1, 0.15) is 12.4 Å². The maximum absolute atomic E-state index is 11.6. The average molecular weight is 926 g/mol. The second-order valence-corrected chi connectivity index (χ2v) is 18.7. The van der Waals surface area contributed by atoms with Crippen molar-refractivity contribution in [3.8, 4) is 11.1 Å². The molecule has 4 heterocycles. The van der Waals surface area contributed by atoms with Crippen LogP contribution in [0.25, 0.3) is 11.1 Å². The summed E-state index contributed by atoms with van der Waals surface area (Å²) in [7, 11) is 7.02. The number of nitrogens with one attached hydrogen (secondary N) is 9. The van der Waals surface area contributed by atoms with Gasteiger partial charge >= 0.3 is 18.2 Å². The van der Waals surface area contributed by atoms with Crippen molar-refractivity contribution >= 4 is 65.1 Å². The second kappa shape index (κ2) is 27.5. The standard InChI is InChI=1S/C16H15NO2.C14H24N4O3S.C13H21N3O3S.C2H7N/c1-17-16(18)19-10-15-13-8-4-2-6-11(13)12-7-3-5-9-14(12)15;1-15-6-9(19)7-16-12(20)5-3-2-4-11-13-10(8-22-11)17-14(21)18-13;1-8(17)6-14-11(18)5-3-2-4-10-12-9(7-20-10)15-13(19)16-12;1-3-2/h2-9,15H,10H2,1H3,(H,17,18);10-11,13,15H,2-8H2,1H3,(H,16,20)(H2,17,18,21);9-10,12H,2-7H2,1H3,(H,14,18)(H2,15,16,19);3H,1-2H3. The van der Waals surface area contributed by atoms with Crippen molar-refractivity contribution in [3.05, 3.63) is 59.7 Å². The monoisotopic (exact) mass is 925 g/mol. The van der Waals surface area contributed by atoms with Gasteiger partial charge in [0.2, 0.25) is 11.8 Å². The van der Waals surface area contributed by atoms with Gasteiger partial charge in [-0.05, 0) is 76.0 Å². The van der Waals surface area contributed by atoms with E-state index >= 15 is 0 Å². The Morgan fingerprint density at radius 1 is 0.656 bits per heavy atom. The Morgan fingerprint density at radius 2 is 1.12 bits per heavy atom. The molecule has 4 saturated heterocycles. The number of Topliss-reactive ketones (excluding diaryl/α,β-unsaturated/α-hetero) is 2. The molecule has 17 nitrogen and oxygen atoms in total. The van der Waals surface area contributed by atoms with Crippen molar-refractivity contribution < 1.29 is 38.3 Å². The topological polar surface area (TPSA) is 237 Å². The molecule has 2 aromatic carbocycles. The molecule has 0 aromatic heterocycles. The summed E-state index contributed by atoms with van der Waals surface area (Å²) in [5, 5.41) is 25.9. The maximum Gasteiger partial charge on any atom is 0.406 e. The van der Waals surface area contributed by atoms with Gasteiger partial charge in [0.15, 0.2) is 5.78 Å². The minimum atomic E-state index is -0.387. The highest BCUT2D eigenvalue weighted by molar-refractivity contribution is 8.00. The largest absolute Gasteiger partial charge is 0.449 e. The molecule has 6 atom stereocenters. The van der Waals surface area contributed by atoms with E-state index in [0.717, 1.165) is 50.0 Å². The van der Waals surface area contributed by atoms with Crippen LogP contribution in [0, 0.1) is 0 Å². The summed E-state index contributed by atoms with van der Waals surface area (Å²) in [5.41, 5.74) is 4.94. The van der Waals surface area contributed by atoms with Crippen LogP contribution in [0.5, 0.6) is 0 Å². The van der Waals surface area contributed by atoms with Crippen LogP contribution in [0.15, 0.2) is 48.5 Å². The van der Waals surface area contributed by atoms with Crippen LogP contribution >= 0.6 is 23.5 Å². The highest BCUT2D eigenvalue weighted by Crippen LogP contribution is 2.44. The van der Waals surface area contributed by atoms with Gasteiger partial charge in [0.25, 0.3) is 0 Å². The van der Waals surface area contributed by atoms with Crippen molar-refractivity contribution in [1.82, 2.24) is 47.9 Å². The van der Waals surface area contributed by atoms with Crippen molar-refractivity contribution in [2.45, 2.75) is 98.9 Å². The third-order valence-electron chi connectivity index (χ3n) is 11.1. The zero-order valence-electron chi connectivity index (χ0n) is 37.6. The number of alkyl carbamates (subject to hydrolysis) is 1. The van der Waals surface area contributed by atoms with Gasteiger partial charge in [-0.15, -0.1) is 0 Å². The number of likely N-dealkylation sites (N-methyl/N-ethyl adjacent to an activating group) is 1. The first-order valence-corrected chi connectivity index (χ1v) is 24.2. The SMILES string of the molecule is CC(=O)CNC(=O)CCCCC1SCC2NC(=O)NC21.CNC.CNC(=O)OCC1c2ccccc2-c2ccccc21.CNCC(=O)CNC(=O)CCCCC1SCC2NC(=O)NC21. The Hall–Kier alpha value is -4.85. The summed E-state index contributed by atoms with van der Waals surface area (Å²) in [4.78, 5) is 78.8. The van der Waals surface area contributed by atoms with Crippen LogP contribution in [0.4, 0.5) is 14.4 Å². The van der Waals surface area contributed by atoms with Gasteiger partial charge in [-0.25, -0.2) is 14.4 Å². The van der Waals surface area contributed by atoms with E-state index in [9.17, 15) is 33.6 Å². The Morgan fingerprint density at radius 3 is 1.58 bits per heavy atom. The van der Waals surface area contributed by atoms with Crippen molar-refractivity contribution in [1.29, 1.82) is 0 Å². The third-order valence-corrected chi connectivity index (χ3v) is 14.1. The van der Waals surface area contributed by atoms with E-state index in [1.807, 2.05) is 61.9 Å². The second-order valence-electron chi connectivity index (χ2n) is 16.1. The van der Waals surface area contributed by atoms with Crippen molar-refractivity contribution in [2.75, 3.05) is 65.9 Å². The van der Waals surface area contributed by atoms with Crippen LogP contribution in [-0.2, 0) is 23.9 Å². The average Bonchev–Trinajstić information content (AvgIpc) is 4.10. The molecule has 5 aliphatic rings. The molecule has 64 heavy (non-hydrogen) atoms. The number of hydrogen-bond acceptors (Lipinski definition) is 12. The summed E-state index contributed by atoms with van der Waals surface area (Å²) in [6.07, 6.45) is 6.07. The number of carbonyl (C=O) groups is 7. The number of ketones is 2. The number of benzene rings is 2. The molecule has 0 saturated carbocycles. The van der Waals surface area contributed by atoms with E-state index in [0.29, 0.717) is 29.9 Å². The highest BCUT2D eigenvalue weighted by atomic mass is 32.2. The third kappa shape index (κ3) is 16.3. The van der Waals surface area contributed by atoms with E-state index in [2.05, 4.69) is 72.1 Å². The quantitative estimate of drug-likeness (QED) is 0.0776. The fourth-order valence-electron chi connectivity index (χ4n) is 8.08. The fraction of sp³-hybridized carbons (Fsp3) is 0.578. The number of hydrogen-bond donors (Lipinski definition) is 9. The lowest BCUT2D eigenvalue weighted by atomic mass is 9.98. The molecular formula is C45H67N9O8S2. The minimum absolute atomic E-state index is 0.0197. The van der Waals surface area contributed by atoms with Crippen LogP contribution in [0.3, 0.4) is 0 Å². The first-order chi connectivity index (χ1) is 30.9. The molecule has 352 valence electrons. The normalized spacial score (nSPS) is 21.7. The van der Waals surface area contributed by atoms with Crippen LogP contribution in [0.1, 0.15) is 75.3 Å². The van der Waals surface area contributed by atoms with Gasteiger partial charge in [0.05, 0.1) is 43.8 Å².